The Bertz CT molecular complexity index is 1130. The first kappa shape index (κ1) is 17.9. The van der Waals surface area contributed by atoms with Crippen molar-refractivity contribution in [3.8, 4) is 11.1 Å². The van der Waals surface area contributed by atoms with Crippen molar-refractivity contribution >= 4 is 27.3 Å². The molecule has 26 heavy (non-hydrogen) atoms. The zero-order chi connectivity index (χ0) is 19.1. The van der Waals surface area contributed by atoms with Gasteiger partial charge in [0.2, 0.25) is 11.9 Å². The summed E-state index contributed by atoms with van der Waals surface area (Å²) in [4.78, 5) is 15.5. The fourth-order valence-electron chi connectivity index (χ4n) is 2.27. The molecule has 0 saturated carbocycles. The molecule has 3 aromatic rings. The molecule has 136 valence electrons. The number of nitrogens with zero attached hydrogens (tertiary/aromatic N) is 3. The Morgan fingerprint density at radius 1 is 1.15 bits per heavy atom. The van der Waals surface area contributed by atoms with Crippen molar-refractivity contribution in [1.82, 2.24) is 14.6 Å². The first-order valence-corrected chi connectivity index (χ1v) is 9.18. The first-order chi connectivity index (χ1) is 12.1. The predicted molar refractivity (Wildman–Crippen MR) is 86.6 cm³/mol. The maximum Gasteiger partial charge on any atom is 0.249 e. The summed E-state index contributed by atoms with van der Waals surface area (Å²) in [7, 11) is -3.52. The van der Waals surface area contributed by atoms with Crippen molar-refractivity contribution in [3.05, 3.63) is 47.9 Å². The Labute approximate surface area is 145 Å². The number of benzene rings is 1. The van der Waals surface area contributed by atoms with E-state index in [1.165, 1.54) is 18.3 Å². The number of hydrogen-bond donors (Lipinski definition) is 1. The second kappa shape index (κ2) is 6.41. The lowest BCUT2D eigenvalue weighted by Crippen LogP contribution is -2.22. The fraction of sp³-hybridized carbons (Fsp3) is 0.133. The average molecular weight is 384 g/mol. The molecule has 1 amide bonds. The third-order valence-corrected chi connectivity index (χ3v) is 4.09. The summed E-state index contributed by atoms with van der Waals surface area (Å²) in [6.45, 7) is 0. The molecular formula is C15H11F3N4O3S. The third kappa shape index (κ3) is 3.67. The third-order valence-electron chi connectivity index (χ3n) is 3.31. The van der Waals surface area contributed by atoms with E-state index in [0.29, 0.717) is 6.07 Å². The number of halogens is 3. The van der Waals surface area contributed by atoms with Crippen molar-refractivity contribution in [3.63, 3.8) is 0 Å². The van der Waals surface area contributed by atoms with Crippen LogP contribution in [0.25, 0.3) is 16.8 Å². The van der Waals surface area contributed by atoms with E-state index in [1.54, 1.807) is 0 Å². The highest BCUT2D eigenvalue weighted by Crippen LogP contribution is 2.27. The molecule has 0 aliphatic rings. The van der Waals surface area contributed by atoms with Gasteiger partial charge in [0.1, 0.15) is 11.6 Å². The second-order valence-corrected chi connectivity index (χ2v) is 7.63. The van der Waals surface area contributed by atoms with Crippen LogP contribution in [0.5, 0.6) is 0 Å². The second-order valence-electron chi connectivity index (χ2n) is 5.49. The minimum atomic E-state index is -3.52. The van der Waals surface area contributed by atoms with Gasteiger partial charge >= 0.3 is 0 Å². The molecule has 2 heterocycles. The van der Waals surface area contributed by atoms with E-state index in [0.717, 1.165) is 16.8 Å². The standard InChI is InChI=1S/C15H11F3N4O3S/c1-26(24,25)7-12(23)20-15-19-11-5-2-8(6-22(11)21-15)13-9(16)3-4-10(17)14(13)18/h2-6H,7H2,1H3,(H,20,21,23). The van der Waals surface area contributed by atoms with Crippen LogP contribution in [0, 0.1) is 17.5 Å². The molecule has 0 spiro atoms. The van der Waals surface area contributed by atoms with E-state index in [4.69, 9.17) is 0 Å². The minimum absolute atomic E-state index is 0.00547. The number of sulfone groups is 1. The van der Waals surface area contributed by atoms with Gasteiger partial charge in [-0.15, -0.1) is 5.10 Å². The summed E-state index contributed by atoms with van der Waals surface area (Å²) in [6.07, 6.45) is 2.10. The van der Waals surface area contributed by atoms with E-state index in [-0.39, 0.29) is 17.2 Å². The smallest absolute Gasteiger partial charge is 0.249 e. The SMILES string of the molecule is CS(=O)(=O)CC(=O)Nc1nc2ccc(-c3c(F)ccc(F)c3F)cn2n1. The van der Waals surface area contributed by atoms with Crippen LogP contribution >= 0.6 is 0 Å². The Morgan fingerprint density at radius 3 is 2.54 bits per heavy atom. The largest absolute Gasteiger partial charge is 0.292 e. The molecular weight excluding hydrogens is 373 g/mol. The summed E-state index contributed by atoms with van der Waals surface area (Å²) >= 11 is 0. The molecule has 0 fully saturated rings. The van der Waals surface area contributed by atoms with E-state index in [9.17, 15) is 26.4 Å². The molecule has 0 aliphatic carbocycles. The molecule has 0 bridgehead atoms. The highest BCUT2D eigenvalue weighted by molar-refractivity contribution is 7.91. The Kier molecular flexibility index (Phi) is 4.40. The lowest BCUT2D eigenvalue weighted by molar-refractivity contribution is -0.113. The van der Waals surface area contributed by atoms with Crippen LogP contribution in [0.2, 0.25) is 0 Å². The number of nitrogens with one attached hydrogen (secondary N) is 1. The van der Waals surface area contributed by atoms with Crippen molar-refractivity contribution in [2.75, 3.05) is 17.3 Å². The number of aromatic nitrogens is 3. The van der Waals surface area contributed by atoms with Gasteiger partial charge in [0.15, 0.2) is 27.1 Å². The zero-order valence-electron chi connectivity index (χ0n) is 13.2. The summed E-state index contributed by atoms with van der Waals surface area (Å²) in [6, 6.07) is 4.15. The van der Waals surface area contributed by atoms with Crippen molar-refractivity contribution in [2.45, 2.75) is 0 Å². The number of carbonyl (C=O) groups excluding carboxylic acids is 1. The van der Waals surface area contributed by atoms with E-state index in [1.807, 2.05) is 0 Å². The van der Waals surface area contributed by atoms with Gasteiger partial charge in [-0.25, -0.2) is 26.1 Å². The Balaban J connectivity index is 1.96. The molecule has 0 saturated heterocycles. The fourth-order valence-corrected chi connectivity index (χ4v) is 2.82. The monoisotopic (exact) mass is 384 g/mol. The van der Waals surface area contributed by atoms with Crippen molar-refractivity contribution in [2.24, 2.45) is 0 Å². The summed E-state index contributed by atoms with van der Waals surface area (Å²) in [5, 5.41) is 6.10. The molecule has 7 nitrogen and oxygen atoms in total. The Morgan fingerprint density at radius 2 is 1.85 bits per heavy atom. The predicted octanol–water partition coefficient (Wildman–Crippen LogP) is 1.80. The van der Waals surface area contributed by atoms with Crippen LogP contribution in [-0.2, 0) is 14.6 Å². The van der Waals surface area contributed by atoms with Gasteiger partial charge in [-0.05, 0) is 24.3 Å². The molecule has 0 aliphatic heterocycles. The van der Waals surface area contributed by atoms with E-state index < -0.39 is 44.5 Å². The lowest BCUT2D eigenvalue weighted by Gasteiger charge is -2.06. The van der Waals surface area contributed by atoms with Gasteiger partial charge < -0.3 is 0 Å². The highest BCUT2D eigenvalue weighted by Gasteiger charge is 2.17. The average Bonchev–Trinajstić information content (AvgIpc) is 2.90. The van der Waals surface area contributed by atoms with Crippen LogP contribution in [0.15, 0.2) is 30.5 Å². The summed E-state index contributed by atoms with van der Waals surface area (Å²) in [5.74, 6) is -5.25. The van der Waals surface area contributed by atoms with Crippen LogP contribution in [-0.4, -0.2) is 40.9 Å². The van der Waals surface area contributed by atoms with Gasteiger partial charge in [0.05, 0.1) is 5.56 Å². The Hall–Kier alpha value is -2.95. The molecule has 1 aromatic carbocycles. The maximum atomic E-state index is 13.9. The van der Waals surface area contributed by atoms with Crippen molar-refractivity contribution in [1.29, 1.82) is 0 Å². The molecule has 0 atom stereocenters. The molecule has 2 aromatic heterocycles. The van der Waals surface area contributed by atoms with Crippen LogP contribution in [0.1, 0.15) is 0 Å². The van der Waals surface area contributed by atoms with E-state index >= 15 is 0 Å². The molecule has 1 N–H and O–H groups in total. The zero-order valence-corrected chi connectivity index (χ0v) is 14.0. The minimum Gasteiger partial charge on any atom is -0.292 e. The van der Waals surface area contributed by atoms with Gasteiger partial charge in [-0.1, -0.05) is 0 Å². The normalized spacial score (nSPS) is 11.7. The number of anilines is 1. The number of fused-ring (bicyclic) bond motifs is 1. The molecule has 0 radical (unpaired) electrons. The number of amides is 1. The molecule has 0 unspecified atom stereocenters. The summed E-state index contributed by atoms with van der Waals surface area (Å²) in [5.41, 5.74) is -0.336. The topological polar surface area (TPSA) is 93.4 Å². The molecule has 3 rings (SSSR count). The number of pyridine rings is 1. The quantitative estimate of drug-likeness (QED) is 0.693. The van der Waals surface area contributed by atoms with Gasteiger partial charge in [-0.3, -0.25) is 10.1 Å². The molecule has 11 heteroatoms. The van der Waals surface area contributed by atoms with E-state index in [2.05, 4.69) is 15.4 Å². The van der Waals surface area contributed by atoms with Crippen LogP contribution < -0.4 is 5.32 Å². The lowest BCUT2D eigenvalue weighted by atomic mass is 10.1. The highest BCUT2D eigenvalue weighted by atomic mass is 32.2. The summed E-state index contributed by atoms with van der Waals surface area (Å²) < 4.78 is 64.5. The number of hydrogen-bond acceptors (Lipinski definition) is 5. The van der Waals surface area contributed by atoms with Gasteiger partial charge in [0, 0.05) is 18.0 Å². The van der Waals surface area contributed by atoms with Crippen LogP contribution in [0.4, 0.5) is 19.1 Å². The number of rotatable bonds is 4. The van der Waals surface area contributed by atoms with Gasteiger partial charge in [0.25, 0.3) is 0 Å². The first-order valence-electron chi connectivity index (χ1n) is 7.12. The number of carbonyl (C=O) groups is 1. The van der Waals surface area contributed by atoms with Crippen molar-refractivity contribution < 1.29 is 26.4 Å². The van der Waals surface area contributed by atoms with Gasteiger partial charge in [-0.2, -0.15) is 4.98 Å². The van der Waals surface area contributed by atoms with Crippen LogP contribution in [0.3, 0.4) is 0 Å². The maximum absolute atomic E-state index is 13.9.